The number of rotatable bonds is 17. The summed E-state index contributed by atoms with van der Waals surface area (Å²) < 4.78 is 29.9. The molecular formula is C37H45N5O6S. The van der Waals surface area contributed by atoms with E-state index in [0.717, 1.165) is 15.5 Å². The van der Waals surface area contributed by atoms with Crippen LogP contribution in [0, 0.1) is 5.92 Å². The number of nitrogens with one attached hydrogen (secondary N) is 1. The number of hydrogen-bond acceptors (Lipinski definition) is 8. The van der Waals surface area contributed by atoms with Crippen molar-refractivity contribution in [2.45, 2.75) is 56.4 Å². The summed E-state index contributed by atoms with van der Waals surface area (Å²) >= 11 is 0. The molecule has 260 valence electrons. The predicted octanol–water partition coefficient (Wildman–Crippen LogP) is 4.94. The molecule has 1 atom stereocenters. The Morgan fingerprint density at radius 2 is 1.43 bits per heavy atom. The van der Waals surface area contributed by atoms with Crippen LogP contribution in [0.3, 0.4) is 0 Å². The van der Waals surface area contributed by atoms with E-state index in [2.05, 4.69) is 10.3 Å². The van der Waals surface area contributed by atoms with E-state index in [0.29, 0.717) is 31.4 Å². The fourth-order valence-corrected chi connectivity index (χ4v) is 7.19. The number of amides is 2. The first-order valence-electron chi connectivity index (χ1n) is 16.4. The summed E-state index contributed by atoms with van der Waals surface area (Å²) in [4.78, 5) is 32.8. The number of nitrogens with two attached hydrogens (primary N) is 1. The molecule has 0 fully saturated rings. The SMILES string of the molecule is CC(C)CN(N(CCCCCCO)C(=O)[C@@H](NC(=O)c1ccc(O)nc1)C(c1ccccc1)c1ccccc1)S(=O)(=O)c1ccc(N)cc1. The van der Waals surface area contributed by atoms with Crippen LogP contribution in [0.2, 0.25) is 0 Å². The number of nitrogen functional groups attached to an aromatic ring is 1. The maximum atomic E-state index is 15.2. The molecule has 2 amide bonds. The second-order valence-corrected chi connectivity index (χ2v) is 14.1. The van der Waals surface area contributed by atoms with Gasteiger partial charge in [-0.1, -0.05) is 87.4 Å². The largest absolute Gasteiger partial charge is 0.493 e. The number of hydrogen-bond donors (Lipinski definition) is 4. The van der Waals surface area contributed by atoms with Gasteiger partial charge in [0, 0.05) is 43.6 Å². The molecule has 0 unspecified atom stereocenters. The van der Waals surface area contributed by atoms with Crippen molar-refractivity contribution in [2.75, 3.05) is 25.4 Å². The molecule has 0 aliphatic carbocycles. The average Bonchev–Trinajstić information content (AvgIpc) is 3.10. The summed E-state index contributed by atoms with van der Waals surface area (Å²) in [6.07, 6.45) is 3.57. The van der Waals surface area contributed by atoms with Crippen molar-refractivity contribution in [2.24, 2.45) is 5.92 Å². The molecule has 4 aromatic rings. The van der Waals surface area contributed by atoms with Crippen LogP contribution in [-0.2, 0) is 14.8 Å². The minimum atomic E-state index is -4.29. The molecule has 0 saturated heterocycles. The number of hydrazine groups is 1. The highest BCUT2D eigenvalue weighted by molar-refractivity contribution is 7.89. The molecule has 0 radical (unpaired) electrons. The van der Waals surface area contributed by atoms with Gasteiger partial charge >= 0.3 is 0 Å². The van der Waals surface area contributed by atoms with Gasteiger partial charge in [0.05, 0.1) is 10.5 Å². The molecule has 5 N–H and O–H groups in total. The zero-order valence-electron chi connectivity index (χ0n) is 27.9. The number of pyridine rings is 1. The van der Waals surface area contributed by atoms with Crippen molar-refractivity contribution in [3.05, 3.63) is 120 Å². The van der Waals surface area contributed by atoms with Crippen LogP contribution in [0.4, 0.5) is 5.69 Å². The lowest BCUT2D eigenvalue weighted by Crippen LogP contribution is -2.59. The molecule has 1 heterocycles. The van der Waals surface area contributed by atoms with Gasteiger partial charge in [0.2, 0.25) is 5.88 Å². The molecule has 0 saturated carbocycles. The zero-order chi connectivity index (χ0) is 35.4. The van der Waals surface area contributed by atoms with Crippen molar-refractivity contribution < 1.29 is 28.2 Å². The summed E-state index contributed by atoms with van der Waals surface area (Å²) in [5.41, 5.74) is 7.85. The van der Waals surface area contributed by atoms with Crippen molar-refractivity contribution in [3.63, 3.8) is 0 Å². The molecule has 3 aromatic carbocycles. The summed E-state index contributed by atoms with van der Waals surface area (Å²) in [6.45, 7) is 3.78. The lowest BCUT2D eigenvalue weighted by molar-refractivity contribution is -0.144. The van der Waals surface area contributed by atoms with Crippen LogP contribution in [-0.4, -0.2) is 70.6 Å². The van der Waals surface area contributed by atoms with Gasteiger partial charge < -0.3 is 21.3 Å². The molecule has 0 aliphatic rings. The fraction of sp³-hybridized carbons (Fsp3) is 0.324. The third-order valence-corrected chi connectivity index (χ3v) is 9.76. The van der Waals surface area contributed by atoms with Gasteiger partial charge in [-0.3, -0.25) is 14.6 Å². The maximum Gasteiger partial charge on any atom is 0.261 e. The number of nitrogens with zero attached hydrogens (tertiary/aromatic N) is 3. The molecule has 0 spiro atoms. The monoisotopic (exact) mass is 687 g/mol. The van der Waals surface area contributed by atoms with Crippen molar-refractivity contribution in [1.29, 1.82) is 0 Å². The van der Waals surface area contributed by atoms with Gasteiger partial charge in [-0.25, -0.2) is 13.4 Å². The Kier molecular flexibility index (Phi) is 13.3. The van der Waals surface area contributed by atoms with Crippen LogP contribution in [0.15, 0.2) is 108 Å². The van der Waals surface area contributed by atoms with Crippen molar-refractivity contribution in [1.82, 2.24) is 19.7 Å². The molecule has 12 heteroatoms. The molecule has 49 heavy (non-hydrogen) atoms. The summed E-state index contributed by atoms with van der Waals surface area (Å²) in [5.74, 6) is -2.41. The Hall–Kier alpha value is -4.78. The number of unbranched alkanes of at least 4 members (excludes halogenated alkanes) is 3. The van der Waals surface area contributed by atoms with Gasteiger partial charge in [0.1, 0.15) is 6.04 Å². The van der Waals surface area contributed by atoms with E-state index in [1.165, 1.54) is 47.6 Å². The van der Waals surface area contributed by atoms with E-state index in [-0.39, 0.29) is 42.0 Å². The minimum Gasteiger partial charge on any atom is -0.493 e. The number of benzene rings is 3. The highest BCUT2D eigenvalue weighted by Gasteiger charge is 2.41. The second kappa shape index (κ2) is 17.6. The zero-order valence-corrected chi connectivity index (χ0v) is 28.7. The molecule has 4 rings (SSSR count). The Labute approximate surface area is 288 Å². The highest BCUT2D eigenvalue weighted by atomic mass is 32.2. The van der Waals surface area contributed by atoms with E-state index in [9.17, 15) is 23.4 Å². The number of anilines is 1. The maximum absolute atomic E-state index is 15.2. The Morgan fingerprint density at radius 3 is 1.96 bits per heavy atom. The summed E-state index contributed by atoms with van der Waals surface area (Å²) in [7, 11) is -4.29. The molecular weight excluding hydrogens is 643 g/mol. The van der Waals surface area contributed by atoms with Gasteiger partial charge in [-0.2, -0.15) is 0 Å². The summed E-state index contributed by atoms with van der Waals surface area (Å²) in [6, 6.07) is 25.7. The molecule has 11 nitrogen and oxygen atoms in total. The summed E-state index contributed by atoms with van der Waals surface area (Å²) in [5, 5.41) is 23.2. The van der Waals surface area contributed by atoms with Crippen molar-refractivity contribution >= 4 is 27.5 Å². The first kappa shape index (κ1) is 37.0. The van der Waals surface area contributed by atoms with E-state index >= 15 is 4.79 Å². The van der Waals surface area contributed by atoms with E-state index in [1.54, 1.807) is 0 Å². The highest BCUT2D eigenvalue weighted by Crippen LogP contribution is 2.31. The molecule has 0 aliphatic heterocycles. The van der Waals surface area contributed by atoms with Gasteiger partial charge in [0.15, 0.2) is 0 Å². The van der Waals surface area contributed by atoms with E-state index < -0.39 is 33.8 Å². The van der Waals surface area contributed by atoms with Crippen LogP contribution in [0.1, 0.15) is 66.9 Å². The van der Waals surface area contributed by atoms with Crippen LogP contribution in [0.25, 0.3) is 0 Å². The van der Waals surface area contributed by atoms with Crippen LogP contribution in [0.5, 0.6) is 5.88 Å². The normalized spacial score (nSPS) is 12.3. The number of carbonyl (C=O) groups is 2. The Bertz CT molecular complexity index is 1700. The quantitative estimate of drug-likeness (QED) is 0.0688. The third kappa shape index (κ3) is 9.88. The number of carbonyl (C=O) groups excluding carboxylic acids is 2. The number of aromatic nitrogens is 1. The first-order valence-corrected chi connectivity index (χ1v) is 17.8. The van der Waals surface area contributed by atoms with Crippen LogP contribution >= 0.6 is 0 Å². The number of aliphatic hydroxyl groups is 1. The lowest BCUT2D eigenvalue weighted by Gasteiger charge is -2.39. The molecule has 1 aromatic heterocycles. The lowest BCUT2D eigenvalue weighted by atomic mass is 9.84. The Morgan fingerprint density at radius 1 is 0.837 bits per heavy atom. The fourth-order valence-electron chi connectivity index (χ4n) is 5.55. The first-order chi connectivity index (χ1) is 23.5. The average molecular weight is 688 g/mol. The third-order valence-electron chi connectivity index (χ3n) is 7.99. The topological polar surface area (TPSA) is 166 Å². The second-order valence-electron chi connectivity index (χ2n) is 12.2. The van der Waals surface area contributed by atoms with Gasteiger partial charge in [-0.05, 0) is 60.2 Å². The smallest absolute Gasteiger partial charge is 0.261 e. The Balaban J connectivity index is 1.89. The van der Waals surface area contributed by atoms with Crippen molar-refractivity contribution in [3.8, 4) is 5.88 Å². The number of aromatic hydroxyl groups is 1. The number of aliphatic hydroxyl groups excluding tert-OH is 1. The van der Waals surface area contributed by atoms with Gasteiger partial charge in [0.25, 0.3) is 21.8 Å². The van der Waals surface area contributed by atoms with Gasteiger partial charge in [-0.15, -0.1) is 4.41 Å². The standard InChI is InChI=1S/C37H45N5O6S/c1-27(2)26-42(49(47,48)32-20-18-31(38)19-21-32)41(23-11-3-4-12-24-43)37(46)35(40-36(45)30-17-22-33(44)39-25-30)34(28-13-7-5-8-14-28)29-15-9-6-10-16-29/h5-10,13-22,25,27,34-35,43H,3-4,11-12,23-24,26,38H2,1-2H3,(H,39,44)(H,40,45)/t35-/m0/s1. The predicted molar refractivity (Wildman–Crippen MR) is 189 cm³/mol. The number of sulfonamides is 1. The van der Waals surface area contributed by atoms with E-state index in [1.807, 2.05) is 74.5 Å². The van der Waals surface area contributed by atoms with E-state index in [4.69, 9.17) is 5.73 Å². The van der Waals surface area contributed by atoms with Crippen LogP contribution < -0.4 is 11.1 Å². The molecule has 0 bridgehead atoms. The minimum absolute atomic E-state index is 0.0149.